The number of hydrogen-bond acceptors (Lipinski definition) is 7. The van der Waals surface area contributed by atoms with Gasteiger partial charge in [-0.2, -0.15) is 0 Å². The van der Waals surface area contributed by atoms with Crippen LogP contribution in [0.5, 0.6) is 5.75 Å². The first-order chi connectivity index (χ1) is 14.3. The number of thiazole rings is 1. The number of para-hydroxylation sites is 1. The number of piperazine rings is 1. The van der Waals surface area contributed by atoms with Crippen molar-refractivity contribution in [1.29, 1.82) is 0 Å². The minimum absolute atomic E-state index is 0.0162. The molecule has 1 aliphatic heterocycles. The summed E-state index contributed by atoms with van der Waals surface area (Å²) in [6.45, 7) is 4.43. The first-order valence-electron chi connectivity index (χ1n) is 9.63. The van der Waals surface area contributed by atoms with Gasteiger partial charge in [-0.15, -0.1) is 0 Å². The van der Waals surface area contributed by atoms with Crippen LogP contribution in [-0.2, 0) is 14.6 Å². The highest BCUT2D eigenvalue weighted by Crippen LogP contribution is 2.33. The fourth-order valence-corrected chi connectivity index (χ4v) is 5.38. The first kappa shape index (κ1) is 20.6. The number of sulfone groups is 1. The van der Waals surface area contributed by atoms with E-state index in [0.717, 1.165) is 15.4 Å². The zero-order valence-corrected chi connectivity index (χ0v) is 18.5. The fourth-order valence-electron chi connectivity index (χ4n) is 3.43. The number of nitrogens with zero attached hydrogens (tertiary/aromatic N) is 3. The number of benzene rings is 2. The van der Waals surface area contributed by atoms with Crippen molar-refractivity contribution < 1.29 is 17.9 Å². The first-order valence-corrected chi connectivity index (χ1v) is 12.3. The van der Waals surface area contributed by atoms with Gasteiger partial charge in [0.2, 0.25) is 0 Å². The number of carbonyl (C=O) groups excluding carboxylic acids is 1. The molecule has 1 amide bonds. The molecule has 0 spiro atoms. The second-order valence-electron chi connectivity index (χ2n) is 7.34. The highest BCUT2D eigenvalue weighted by molar-refractivity contribution is 7.91. The van der Waals surface area contributed by atoms with Crippen LogP contribution in [0.4, 0.5) is 5.13 Å². The number of hydrogen-bond donors (Lipinski definition) is 0. The number of rotatable bonds is 5. The molecule has 9 heteroatoms. The maximum atomic E-state index is 12.5. The summed E-state index contributed by atoms with van der Waals surface area (Å²) in [6.07, 6.45) is 1.20. The van der Waals surface area contributed by atoms with E-state index in [1.165, 1.54) is 17.6 Å². The van der Waals surface area contributed by atoms with Gasteiger partial charge in [0.15, 0.2) is 21.6 Å². The Labute approximate surface area is 179 Å². The summed E-state index contributed by atoms with van der Waals surface area (Å²) in [7, 11) is -3.34. The summed E-state index contributed by atoms with van der Waals surface area (Å²) in [5.74, 6) is 0.651. The lowest BCUT2D eigenvalue weighted by Gasteiger charge is -2.34. The highest BCUT2D eigenvalue weighted by Gasteiger charge is 2.24. The quantitative estimate of drug-likeness (QED) is 0.601. The number of amides is 1. The number of ether oxygens (including phenoxy) is 1. The Kier molecular flexibility index (Phi) is 5.66. The molecule has 0 bridgehead atoms. The number of aromatic nitrogens is 1. The standard InChI is InChI=1S/C21H23N3O4S2/c1-15-5-3-6-16(13-15)28-14-19(25)23-9-11-24(12-10-23)21-22-20-17(29-21)7-4-8-18(20)30(2,26)27/h3-8,13H,9-12,14H2,1-2H3. The Bertz CT molecular complexity index is 1180. The largest absolute Gasteiger partial charge is 0.484 e. The molecule has 2 aromatic carbocycles. The molecule has 3 aromatic rings. The molecule has 7 nitrogen and oxygen atoms in total. The Morgan fingerprint density at radius 1 is 1.13 bits per heavy atom. The molecule has 0 saturated carbocycles. The maximum absolute atomic E-state index is 12.5. The number of carbonyl (C=O) groups is 1. The number of fused-ring (bicyclic) bond motifs is 1. The van der Waals surface area contributed by atoms with Crippen molar-refractivity contribution in [3.05, 3.63) is 48.0 Å². The molecule has 0 aliphatic carbocycles. The van der Waals surface area contributed by atoms with Crippen molar-refractivity contribution in [2.24, 2.45) is 0 Å². The van der Waals surface area contributed by atoms with E-state index >= 15 is 0 Å². The van der Waals surface area contributed by atoms with E-state index in [-0.39, 0.29) is 17.4 Å². The van der Waals surface area contributed by atoms with Gasteiger partial charge in [0.05, 0.1) is 9.60 Å². The van der Waals surface area contributed by atoms with Crippen LogP contribution < -0.4 is 9.64 Å². The summed E-state index contributed by atoms with van der Waals surface area (Å²) >= 11 is 1.47. The summed E-state index contributed by atoms with van der Waals surface area (Å²) < 4.78 is 30.5. The van der Waals surface area contributed by atoms with Crippen molar-refractivity contribution in [3.8, 4) is 5.75 Å². The molecule has 1 fully saturated rings. The third-order valence-electron chi connectivity index (χ3n) is 5.02. The SMILES string of the molecule is Cc1cccc(OCC(=O)N2CCN(c3nc4c(S(C)(=O)=O)cccc4s3)CC2)c1. The highest BCUT2D eigenvalue weighted by atomic mass is 32.2. The van der Waals surface area contributed by atoms with Crippen molar-refractivity contribution in [2.75, 3.05) is 43.9 Å². The third kappa shape index (κ3) is 4.41. The molecule has 158 valence electrons. The van der Waals surface area contributed by atoms with Gasteiger partial charge in [-0.1, -0.05) is 29.5 Å². The molecule has 30 heavy (non-hydrogen) atoms. The van der Waals surface area contributed by atoms with E-state index in [2.05, 4.69) is 9.88 Å². The predicted octanol–water partition coefficient (Wildman–Crippen LogP) is 2.74. The van der Waals surface area contributed by atoms with Gasteiger partial charge in [0.1, 0.15) is 11.3 Å². The third-order valence-corrected chi connectivity index (χ3v) is 7.23. The van der Waals surface area contributed by atoms with Gasteiger partial charge in [-0.3, -0.25) is 4.79 Å². The monoisotopic (exact) mass is 445 g/mol. The van der Waals surface area contributed by atoms with E-state index in [1.54, 1.807) is 17.0 Å². The van der Waals surface area contributed by atoms with Gasteiger partial charge in [-0.05, 0) is 36.8 Å². The van der Waals surface area contributed by atoms with Crippen LogP contribution in [0.2, 0.25) is 0 Å². The van der Waals surface area contributed by atoms with Crippen LogP contribution >= 0.6 is 11.3 Å². The van der Waals surface area contributed by atoms with Crippen LogP contribution in [0, 0.1) is 6.92 Å². The Morgan fingerprint density at radius 3 is 2.57 bits per heavy atom. The molecule has 0 unspecified atom stereocenters. The molecule has 0 atom stereocenters. The smallest absolute Gasteiger partial charge is 0.260 e. The Morgan fingerprint density at radius 2 is 1.87 bits per heavy atom. The maximum Gasteiger partial charge on any atom is 0.260 e. The molecule has 0 radical (unpaired) electrons. The zero-order chi connectivity index (χ0) is 21.3. The van der Waals surface area contributed by atoms with Crippen LogP contribution in [0.25, 0.3) is 10.2 Å². The average molecular weight is 446 g/mol. The average Bonchev–Trinajstić information content (AvgIpc) is 3.15. The van der Waals surface area contributed by atoms with E-state index in [4.69, 9.17) is 4.74 Å². The van der Waals surface area contributed by atoms with Gasteiger partial charge in [0, 0.05) is 32.4 Å². The minimum Gasteiger partial charge on any atom is -0.484 e. The lowest BCUT2D eigenvalue weighted by atomic mass is 10.2. The molecule has 2 heterocycles. The topological polar surface area (TPSA) is 79.8 Å². The van der Waals surface area contributed by atoms with Crippen molar-refractivity contribution in [1.82, 2.24) is 9.88 Å². The van der Waals surface area contributed by atoms with Gasteiger partial charge >= 0.3 is 0 Å². The summed E-state index contributed by atoms with van der Waals surface area (Å²) in [6, 6.07) is 12.8. The normalized spacial score (nSPS) is 14.9. The summed E-state index contributed by atoms with van der Waals surface area (Å²) in [5, 5.41) is 0.782. The molecule has 0 N–H and O–H groups in total. The van der Waals surface area contributed by atoms with E-state index in [0.29, 0.717) is 37.4 Å². The van der Waals surface area contributed by atoms with E-state index in [1.807, 2.05) is 37.3 Å². The molecule has 1 aromatic heterocycles. The molecule has 1 saturated heterocycles. The van der Waals surface area contributed by atoms with Gasteiger partial charge in [-0.25, -0.2) is 13.4 Å². The Hall–Kier alpha value is -2.65. The van der Waals surface area contributed by atoms with E-state index in [9.17, 15) is 13.2 Å². The minimum atomic E-state index is -3.34. The Balaban J connectivity index is 1.39. The number of anilines is 1. The second-order valence-corrected chi connectivity index (χ2v) is 10.3. The zero-order valence-electron chi connectivity index (χ0n) is 16.9. The van der Waals surface area contributed by atoms with Gasteiger partial charge < -0.3 is 14.5 Å². The summed E-state index contributed by atoms with van der Waals surface area (Å²) in [4.78, 5) is 21.2. The van der Waals surface area contributed by atoms with Crippen LogP contribution in [0.1, 0.15) is 5.56 Å². The van der Waals surface area contributed by atoms with Crippen LogP contribution in [-0.4, -0.2) is 63.3 Å². The fraction of sp³-hybridized carbons (Fsp3) is 0.333. The second kappa shape index (κ2) is 8.23. The lowest BCUT2D eigenvalue weighted by molar-refractivity contribution is -0.133. The van der Waals surface area contributed by atoms with Crippen LogP contribution in [0.15, 0.2) is 47.4 Å². The van der Waals surface area contributed by atoms with Crippen LogP contribution in [0.3, 0.4) is 0 Å². The van der Waals surface area contributed by atoms with Gasteiger partial charge in [0.25, 0.3) is 5.91 Å². The summed E-state index contributed by atoms with van der Waals surface area (Å²) in [5.41, 5.74) is 1.61. The number of aryl methyl sites for hydroxylation is 1. The molecule has 1 aliphatic rings. The lowest BCUT2D eigenvalue weighted by Crippen LogP contribution is -2.50. The van der Waals surface area contributed by atoms with E-state index < -0.39 is 9.84 Å². The predicted molar refractivity (Wildman–Crippen MR) is 118 cm³/mol. The van der Waals surface area contributed by atoms with Crippen molar-refractivity contribution in [2.45, 2.75) is 11.8 Å². The van der Waals surface area contributed by atoms with Crippen molar-refractivity contribution in [3.63, 3.8) is 0 Å². The molecular weight excluding hydrogens is 422 g/mol. The molecular formula is C21H23N3O4S2. The van der Waals surface area contributed by atoms with Crippen molar-refractivity contribution >= 4 is 42.4 Å². The molecule has 4 rings (SSSR count).